The third-order valence-electron chi connectivity index (χ3n) is 5.15. The number of phosphoric acid groups is 1. The summed E-state index contributed by atoms with van der Waals surface area (Å²) in [4.78, 5) is 21.1. The quantitative estimate of drug-likeness (QED) is 0.0642. The molecular weight excluding hydrogens is 463 g/mol. The molecule has 4 N–H and O–H groups in total. The lowest BCUT2D eigenvalue weighted by Gasteiger charge is -2.16. The van der Waals surface area contributed by atoms with Crippen molar-refractivity contribution in [2.24, 2.45) is 0 Å². The number of aliphatic hydroxyl groups is 3. The second kappa shape index (κ2) is 22.7. The molecule has 0 aromatic heterocycles. The van der Waals surface area contributed by atoms with Crippen LogP contribution >= 0.6 is 7.82 Å². The van der Waals surface area contributed by atoms with Crippen LogP contribution in [0.25, 0.3) is 0 Å². The molecule has 0 bridgehead atoms. The van der Waals surface area contributed by atoms with Gasteiger partial charge in [0, 0.05) is 6.42 Å². The highest BCUT2D eigenvalue weighted by atomic mass is 31.2. The van der Waals surface area contributed by atoms with Crippen LogP contribution in [0.5, 0.6) is 0 Å². The van der Waals surface area contributed by atoms with Crippen molar-refractivity contribution in [3.05, 3.63) is 12.2 Å². The summed E-state index contributed by atoms with van der Waals surface area (Å²) in [5.74, 6) is -0.439. The molecule has 0 rings (SSSR count). The molecule has 0 aliphatic carbocycles. The number of esters is 1. The van der Waals surface area contributed by atoms with Gasteiger partial charge in [-0.1, -0.05) is 70.4 Å². The highest BCUT2D eigenvalue weighted by Gasteiger charge is 2.24. The molecule has 0 aliphatic rings. The minimum Gasteiger partial charge on any atom is -0.463 e. The van der Waals surface area contributed by atoms with E-state index in [1.54, 1.807) is 0 Å². The molecular formula is C24H47O9P. The van der Waals surface area contributed by atoms with Crippen LogP contribution in [0.1, 0.15) is 96.8 Å². The first-order valence-corrected chi connectivity index (χ1v) is 14.2. The first-order chi connectivity index (χ1) is 16.3. The molecule has 0 spiro atoms. The van der Waals surface area contributed by atoms with Crippen LogP contribution in [0.15, 0.2) is 12.2 Å². The molecule has 0 amide bonds. The van der Waals surface area contributed by atoms with Crippen LogP contribution < -0.4 is 0 Å². The number of carbonyl (C=O) groups excluding carboxylic acids is 1. The van der Waals surface area contributed by atoms with E-state index < -0.39 is 45.8 Å². The van der Waals surface area contributed by atoms with Crippen molar-refractivity contribution in [2.75, 3.05) is 26.4 Å². The molecule has 0 fully saturated rings. The number of aliphatic hydroxyl groups excluding tert-OH is 3. The van der Waals surface area contributed by atoms with Gasteiger partial charge < -0.3 is 24.9 Å². The van der Waals surface area contributed by atoms with E-state index in [1.807, 2.05) is 0 Å². The van der Waals surface area contributed by atoms with Crippen LogP contribution in [0.2, 0.25) is 0 Å². The third kappa shape index (κ3) is 23.0. The summed E-state index contributed by atoms with van der Waals surface area (Å²) in [7, 11) is -4.48. The lowest BCUT2D eigenvalue weighted by molar-refractivity contribution is -0.147. The van der Waals surface area contributed by atoms with E-state index >= 15 is 0 Å². The third-order valence-corrected chi connectivity index (χ3v) is 6.10. The monoisotopic (exact) mass is 510 g/mol. The van der Waals surface area contributed by atoms with Gasteiger partial charge in [-0.25, -0.2) is 4.57 Å². The van der Waals surface area contributed by atoms with Crippen molar-refractivity contribution in [3.63, 3.8) is 0 Å². The highest BCUT2D eigenvalue weighted by Crippen LogP contribution is 2.43. The molecule has 0 heterocycles. The van der Waals surface area contributed by atoms with Gasteiger partial charge >= 0.3 is 13.8 Å². The lowest BCUT2D eigenvalue weighted by Crippen LogP contribution is -2.24. The van der Waals surface area contributed by atoms with Gasteiger partial charge in [0.05, 0.1) is 19.8 Å². The van der Waals surface area contributed by atoms with Gasteiger partial charge in [0.25, 0.3) is 0 Å². The van der Waals surface area contributed by atoms with Crippen LogP contribution in [-0.4, -0.2) is 64.8 Å². The number of hydrogen-bond donors (Lipinski definition) is 4. The minimum atomic E-state index is -4.48. The first kappa shape index (κ1) is 33.2. The van der Waals surface area contributed by atoms with Gasteiger partial charge in [-0.2, -0.15) is 0 Å². The summed E-state index contributed by atoms with van der Waals surface area (Å²) in [6, 6.07) is 0. The van der Waals surface area contributed by atoms with Gasteiger partial charge in [-0.3, -0.25) is 13.8 Å². The Balaban J connectivity index is 3.56. The summed E-state index contributed by atoms with van der Waals surface area (Å²) >= 11 is 0. The molecule has 0 saturated heterocycles. The Morgan fingerprint density at radius 2 is 1.29 bits per heavy atom. The molecule has 34 heavy (non-hydrogen) atoms. The average molecular weight is 511 g/mol. The summed E-state index contributed by atoms with van der Waals surface area (Å²) < 4.78 is 25.5. The number of rotatable bonds is 24. The van der Waals surface area contributed by atoms with E-state index in [9.17, 15) is 19.4 Å². The van der Waals surface area contributed by atoms with Crippen molar-refractivity contribution < 1.29 is 43.4 Å². The van der Waals surface area contributed by atoms with Crippen LogP contribution in [0, 0.1) is 0 Å². The van der Waals surface area contributed by atoms with Crippen LogP contribution in [0.4, 0.5) is 0 Å². The fourth-order valence-corrected chi connectivity index (χ4v) is 3.90. The van der Waals surface area contributed by atoms with Crippen LogP contribution in [0.3, 0.4) is 0 Å². The molecule has 0 aromatic carbocycles. The fraction of sp³-hybridized carbons (Fsp3) is 0.875. The maximum atomic E-state index is 11.7. The van der Waals surface area contributed by atoms with Gasteiger partial charge in [0.2, 0.25) is 0 Å². The topological polar surface area (TPSA) is 143 Å². The fourth-order valence-electron chi connectivity index (χ4n) is 3.10. The SMILES string of the molecule is CCCCCCCCC=CCCCCCCCC(=O)OC[C@@H](O)COP(=O)(O)OCC(O)CO. The van der Waals surface area contributed by atoms with E-state index in [1.165, 1.54) is 44.9 Å². The molecule has 202 valence electrons. The Morgan fingerprint density at radius 1 is 0.794 bits per heavy atom. The molecule has 3 atom stereocenters. The van der Waals surface area contributed by atoms with E-state index in [-0.39, 0.29) is 13.0 Å². The zero-order valence-corrected chi connectivity index (χ0v) is 21.7. The Kier molecular flexibility index (Phi) is 22.1. The Bertz CT molecular complexity index is 557. The van der Waals surface area contributed by atoms with Crippen molar-refractivity contribution >= 4 is 13.8 Å². The van der Waals surface area contributed by atoms with E-state index in [2.05, 4.69) is 28.1 Å². The number of carbonyl (C=O) groups is 1. The second-order valence-corrected chi connectivity index (χ2v) is 10.0. The number of hydrogen-bond acceptors (Lipinski definition) is 8. The molecule has 0 saturated carbocycles. The number of allylic oxidation sites excluding steroid dienone is 2. The molecule has 0 aromatic rings. The zero-order valence-electron chi connectivity index (χ0n) is 20.8. The molecule has 10 heteroatoms. The lowest BCUT2D eigenvalue weighted by atomic mass is 10.1. The molecule has 0 aliphatic heterocycles. The number of ether oxygens (including phenoxy) is 1. The zero-order chi connectivity index (χ0) is 25.5. The van der Waals surface area contributed by atoms with Crippen molar-refractivity contribution in [2.45, 2.75) is 109 Å². The van der Waals surface area contributed by atoms with Crippen molar-refractivity contribution in [3.8, 4) is 0 Å². The summed E-state index contributed by atoms with van der Waals surface area (Å²) in [5.41, 5.74) is 0. The smallest absolute Gasteiger partial charge is 0.463 e. The minimum absolute atomic E-state index is 0.256. The van der Waals surface area contributed by atoms with E-state index in [0.29, 0.717) is 6.42 Å². The van der Waals surface area contributed by atoms with Crippen LogP contribution in [-0.2, 0) is 23.1 Å². The Hall–Kier alpha value is -0.800. The van der Waals surface area contributed by atoms with Gasteiger partial charge in [-0.05, 0) is 32.1 Å². The predicted octanol–water partition coefficient (Wildman–Crippen LogP) is 4.41. The number of phosphoric ester groups is 1. The summed E-state index contributed by atoms with van der Waals surface area (Å²) in [5, 5.41) is 27.4. The Labute approximate surface area is 205 Å². The maximum Gasteiger partial charge on any atom is 0.472 e. The normalized spacial score (nSPS) is 15.3. The second-order valence-electron chi connectivity index (χ2n) is 8.57. The molecule has 9 nitrogen and oxygen atoms in total. The average Bonchev–Trinajstić information content (AvgIpc) is 2.82. The largest absolute Gasteiger partial charge is 0.472 e. The molecule has 2 unspecified atom stereocenters. The van der Waals surface area contributed by atoms with Gasteiger partial charge in [0.15, 0.2) is 0 Å². The van der Waals surface area contributed by atoms with Gasteiger partial charge in [-0.15, -0.1) is 0 Å². The highest BCUT2D eigenvalue weighted by molar-refractivity contribution is 7.47. The number of unbranched alkanes of at least 4 members (excludes halogenated alkanes) is 11. The standard InChI is InChI=1S/C24H47O9P/c1-2-3-4-5-6-7-8-9-10-11-12-13-14-15-16-17-24(28)31-19-23(27)21-33-34(29,30)32-20-22(26)18-25/h9-10,22-23,25-27H,2-8,11-21H2,1H3,(H,29,30)/t22?,23-/m1/s1. The molecule has 0 radical (unpaired) electrons. The van der Waals surface area contributed by atoms with Gasteiger partial charge in [0.1, 0.15) is 18.8 Å². The van der Waals surface area contributed by atoms with E-state index in [0.717, 1.165) is 32.1 Å². The summed E-state index contributed by atoms with van der Waals surface area (Å²) in [6.45, 7) is 0.0769. The predicted molar refractivity (Wildman–Crippen MR) is 131 cm³/mol. The maximum absolute atomic E-state index is 11.7. The van der Waals surface area contributed by atoms with E-state index in [4.69, 9.17) is 14.9 Å². The summed E-state index contributed by atoms with van der Waals surface area (Å²) in [6.07, 6.45) is 17.5. The van der Waals surface area contributed by atoms with Crippen molar-refractivity contribution in [1.29, 1.82) is 0 Å². The van der Waals surface area contributed by atoms with Crippen molar-refractivity contribution in [1.82, 2.24) is 0 Å². The first-order valence-electron chi connectivity index (χ1n) is 12.7. The Morgan fingerprint density at radius 3 is 1.85 bits per heavy atom.